The van der Waals surface area contributed by atoms with E-state index in [9.17, 15) is 18.3 Å². The van der Waals surface area contributed by atoms with Gasteiger partial charge in [0.2, 0.25) is 10.0 Å². The lowest BCUT2D eigenvalue weighted by Crippen LogP contribution is -2.39. The molecule has 0 aliphatic heterocycles. The van der Waals surface area contributed by atoms with Crippen molar-refractivity contribution in [2.45, 2.75) is 29.9 Å². The number of methoxy groups -OCH3 is 1. The predicted octanol–water partition coefficient (Wildman–Crippen LogP) is 3.93. The van der Waals surface area contributed by atoms with Crippen LogP contribution in [-0.2, 0) is 16.4 Å². The van der Waals surface area contributed by atoms with Gasteiger partial charge in [-0.05, 0) is 72.5 Å². The predicted molar refractivity (Wildman–Crippen MR) is 126 cm³/mol. The second-order valence-corrected chi connectivity index (χ2v) is 9.91. The number of amides is 1. The van der Waals surface area contributed by atoms with Gasteiger partial charge in [0, 0.05) is 16.3 Å². The normalized spacial score (nSPS) is 17.8. The molecule has 9 heteroatoms. The molecule has 3 N–H and O–H groups in total. The molecule has 172 valence electrons. The lowest BCUT2D eigenvalue weighted by molar-refractivity contribution is 0.102. The van der Waals surface area contributed by atoms with Crippen molar-refractivity contribution in [3.05, 3.63) is 88.4 Å². The van der Waals surface area contributed by atoms with Gasteiger partial charge in [-0.3, -0.25) is 4.79 Å². The standard InChI is InChI=1S/C24H23ClN2O5S/c1-32-19-6-2-4-16(12-19)24(29)26-18-10-8-15-9-11-22(28)23(21(15)14-18)27-33(30,31)20-7-3-5-17(25)13-20/h2-8,10,12-14,22-23,27-28H,9,11H2,1H3,(H,26,29)/t22-,23-/m1/s1. The van der Waals surface area contributed by atoms with Gasteiger partial charge in [-0.15, -0.1) is 0 Å². The fraction of sp³-hybridized carbons (Fsp3) is 0.208. The summed E-state index contributed by atoms with van der Waals surface area (Å²) in [5.41, 5.74) is 2.43. The largest absolute Gasteiger partial charge is 0.497 e. The molecule has 3 aromatic rings. The third-order valence-electron chi connectivity index (χ3n) is 5.55. The summed E-state index contributed by atoms with van der Waals surface area (Å²) < 4.78 is 33.7. The number of hydrogen-bond acceptors (Lipinski definition) is 5. The van der Waals surface area contributed by atoms with Crippen molar-refractivity contribution in [1.82, 2.24) is 4.72 Å². The Morgan fingerprint density at radius 2 is 1.88 bits per heavy atom. The van der Waals surface area contributed by atoms with E-state index in [1.807, 2.05) is 6.07 Å². The number of carbonyl (C=O) groups is 1. The highest BCUT2D eigenvalue weighted by atomic mass is 35.5. The summed E-state index contributed by atoms with van der Waals surface area (Å²) in [4.78, 5) is 12.7. The van der Waals surface area contributed by atoms with Crippen molar-refractivity contribution < 1.29 is 23.1 Å². The van der Waals surface area contributed by atoms with E-state index in [0.29, 0.717) is 40.4 Å². The minimum absolute atomic E-state index is 0.0109. The maximum atomic E-state index is 13.0. The number of halogens is 1. The molecule has 0 heterocycles. The van der Waals surface area contributed by atoms with Crippen molar-refractivity contribution in [3.8, 4) is 5.75 Å². The molecule has 1 aliphatic carbocycles. The molecule has 0 fully saturated rings. The number of ether oxygens (including phenoxy) is 1. The number of benzene rings is 3. The van der Waals surface area contributed by atoms with E-state index in [1.54, 1.807) is 48.5 Å². The van der Waals surface area contributed by atoms with Gasteiger partial charge < -0.3 is 15.2 Å². The van der Waals surface area contributed by atoms with Crippen molar-refractivity contribution in [2.24, 2.45) is 0 Å². The number of carbonyl (C=O) groups excluding carboxylic acids is 1. The van der Waals surface area contributed by atoms with Gasteiger partial charge in [-0.1, -0.05) is 29.8 Å². The highest BCUT2D eigenvalue weighted by Gasteiger charge is 2.32. The molecular weight excluding hydrogens is 464 g/mol. The average Bonchev–Trinajstić information content (AvgIpc) is 2.81. The minimum atomic E-state index is -3.94. The average molecular weight is 487 g/mol. The summed E-state index contributed by atoms with van der Waals surface area (Å²) in [5, 5.41) is 13.8. The van der Waals surface area contributed by atoms with E-state index < -0.39 is 22.2 Å². The van der Waals surface area contributed by atoms with Crippen LogP contribution in [0.2, 0.25) is 5.02 Å². The quantitative estimate of drug-likeness (QED) is 0.489. The summed E-state index contributed by atoms with van der Waals surface area (Å²) in [6.45, 7) is 0. The van der Waals surface area contributed by atoms with Crippen LogP contribution < -0.4 is 14.8 Å². The zero-order chi connectivity index (χ0) is 23.6. The van der Waals surface area contributed by atoms with Gasteiger partial charge in [0.05, 0.1) is 24.2 Å². The fourth-order valence-electron chi connectivity index (χ4n) is 3.85. The second kappa shape index (κ2) is 9.52. The molecule has 1 aliphatic rings. The van der Waals surface area contributed by atoms with E-state index in [1.165, 1.54) is 19.2 Å². The van der Waals surface area contributed by atoms with Gasteiger partial charge >= 0.3 is 0 Å². The Morgan fingerprint density at radius 1 is 1.09 bits per heavy atom. The summed E-state index contributed by atoms with van der Waals surface area (Å²) in [6, 6.07) is 17.1. The number of nitrogens with one attached hydrogen (secondary N) is 2. The number of anilines is 1. The maximum absolute atomic E-state index is 13.0. The summed E-state index contributed by atoms with van der Waals surface area (Å²) >= 11 is 5.95. The van der Waals surface area contributed by atoms with Crippen molar-refractivity contribution in [2.75, 3.05) is 12.4 Å². The molecule has 0 aromatic heterocycles. The lowest BCUT2D eigenvalue weighted by Gasteiger charge is -2.31. The molecule has 0 saturated carbocycles. The monoisotopic (exact) mass is 486 g/mol. The van der Waals surface area contributed by atoms with Crippen molar-refractivity contribution in [3.63, 3.8) is 0 Å². The molecule has 0 saturated heterocycles. The van der Waals surface area contributed by atoms with Crippen molar-refractivity contribution in [1.29, 1.82) is 0 Å². The minimum Gasteiger partial charge on any atom is -0.497 e. The summed E-state index contributed by atoms with van der Waals surface area (Å²) in [5.74, 6) is 0.230. The Labute approximate surface area is 197 Å². The highest BCUT2D eigenvalue weighted by molar-refractivity contribution is 7.89. The van der Waals surface area contributed by atoms with E-state index in [4.69, 9.17) is 16.3 Å². The molecule has 2 atom stereocenters. The van der Waals surface area contributed by atoms with Crippen LogP contribution >= 0.6 is 11.6 Å². The molecule has 0 spiro atoms. The van der Waals surface area contributed by atoms with Crippen LogP contribution in [0.1, 0.15) is 33.9 Å². The first-order chi connectivity index (χ1) is 15.8. The summed E-state index contributed by atoms with van der Waals surface area (Å²) in [7, 11) is -2.42. The molecular formula is C24H23ClN2O5S. The number of fused-ring (bicyclic) bond motifs is 1. The van der Waals surface area contributed by atoms with Crippen LogP contribution in [0.25, 0.3) is 0 Å². The van der Waals surface area contributed by atoms with Gasteiger partial charge in [0.25, 0.3) is 5.91 Å². The van der Waals surface area contributed by atoms with Gasteiger partial charge in [0.1, 0.15) is 5.75 Å². The van der Waals surface area contributed by atoms with E-state index >= 15 is 0 Å². The Bertz CT molecular complexity index is 1300. The number of rotatable bonds is 6. The fourth-order valence-corrected chi connectivity index (χ4v) is 5.40. The zero-order valence-electron chi connectivity index (χ0n) is 17.8. The first-order valence-electron chi connectivity index (χ1n) is 10.3. The molecule has 1 amide bonds. The number of aliphatic hydroxyl groups excluding tert-OH is 1. The molecule has 7 nitrogen and oxygen atoms in total. The SMILES string of the molecule is COc1cccc(C(=O)Nc2ccc3c(c2)[C@@H](NS(=O)(=O)c2cccc(Cl)c2)[C@H](O)CC3)c1. The Balaban J connectivity index is 1.61. The first kappa shape index (κ1) is 23.3. The molecule has 0 unspecified atom stereocenters. The van der Waals surface area contributed by atoms with Crippen LogP contribution in [0.15, 0.2) is 71.6 Å². The topological polar surface area (TPSA) is 105 Å². The van der Waals surface area contributed by atoms with Crippen LogP contribution in [0.4, 0.5) is 5.69 Å². The molecule has 3 aromatic carbocycles. The van der Waals surface area contributed by atoms with E-state index in [0.717, 1.165) is 5.56 Å². The summed E-state index contributed by atoms with van der Waals surface area (Å²) in [6.07, 6.45) is 0.0807. The highest BCUT2D eigenvalue weighted by Crippen LogP contribution is 2.34. The third kappa shape index (κ3) is 5.20. The van der Waals surface area contributed by atoms with Gasteiger partial charge in [0.15, 0.2) is 0 Å². The smallest absolute Gasteiger partial charge is 0.255 e. The van der Waals surface area contributed by atoms with Crippen LogP contribution in [-0.4, -0.2) is 32.6 Å². The number of aliphatic hydroxyl groups is 1. The van der Waals surface area contributed by atoms with Crippen molar-refractivity contribution >= 4 is 33.2 Å². The second-order valence-electron chi connectivity index (χ2n) is 7.76. The Kier molecular flexibility index (Phi) is 6.71. The zero-order valence-corrected chi connectivity index (χ0v) is 19.4. The molecule has 0 radical (unpaired) electrons. The van der Waals surface area contributed by atoms with Crippen LogP contribution in [0.5, 0.6) is 5.75 Å². The lowest BCUT2D eigenvalue weighted by atomic mass is 9.86. The first-order valence-corrected chi connectivity index (χ1v) is 12.2. The Morgan fingerprint density at radius 3 is 2.64 bits per heavy atom. The molecule has 4 rings (SSSR count). The number of aryl methyl sites for hydroxylation is 1. The van der Waals surface area contributed by atoms with Crippen LogP contribution in [0, 0.1) is 0 Å². The number of hydrogen-bond donors (Lipinski definition) is 3. The maximum Gasteiger partial charge on any atom is 0.255 e. The van der Waals surface area contributed by atoms with Gasteiger partial charge in [-0.25, -0.2) is 13.1 Å². The third-order valence-corrected chi connectivity index (χ3v) is 7.23. The van der Waals surface area contributed by atoms with Gasteiger partial charge in [-0.2, -0.15) is 0 Å². The molecule has 33 heavy (non-hydrogen) atoms. The van der Waals surface area contributed by atoms with E-state index in [-0.39, 0.29) is 10.8 Å². The number of sulfonamides is 1. The molecule has 0 bridgehead atoms. The Hall–Kier alpha value is -2.91. The van der Waals surface area contributed by atoms with E-state index in [2.05, 4.69) is 10.0 Å². The van der Waals surface area contributed by atoms with Crippen LogP contribution in [0.3, 0.4) is 0 Å².